The number of aryl methyl sites for hydroxylation is 3. The van der Waals surface area contributed by atoms with E-state index in [2.05, 4.69) is 22.3 Å². The van der Waals surface area contributed by atoms with E-state index in [0.717, 1.165) is 41.6 Å². The van der Waals surface area contributed by atoms with Crippen molar-refractivity contribution >= 4 is 17.7 Å². The lowest BCUT2D eigenvalue weighted by atomic mass is 10.0. The number of benzene rings is 1. The van der Waals surface area contributed by atoms with Crippen LogP contribution in [0.15, 0.2) is 23.4 Å². The number of nitrogens with zero attached hydrogens (tertiary/aromatic N) is 3. The molecule has 1 amide bonds. The number of hydrogen-bond acceptors (Lipinski definition) is 5. The molecule has 23 heavy (non-hydrogen) atoms. The zero-order valence-electron chi connectivity index (χ0n) is 13.7. The van der Waals surface area contributed by atoms with Gasteiger partial charge in [-0.05, 0) is 37.0 Å². The maximum Gasteiger partial charge on any atom is 0.227 e. The molecule has 7 heteroatoms. The second kappa shape index (κ2) is 8.01. The molecule has 2 rings (SSSR count). The predicted molar refractivity (Wildman–Crippen MR) is 90.7 cm³/mol. The van der Waals surface area contributed by atoms with Gasteiger partial charge in [-0.25, -0.2) is 0 Å². The van der Waals surface area contributed by atoms with E-state index >= 15 is 0 Å². The van der Waals surface area contributed by atoms with Gasteiger partial charge in [0.25, 0.3) is 0 Å². The summed E-state index contributed by atoms with van der Waals surface area (Å²) in [6, 6.07) is 6.26. The first-order valence-electron chi connectivity index (χ1n) is 7.44. The van der Waals surface area contributed by atoms with Crippen molar-refractivity contribution in [1.29, 1.82) is 0 Å². The van der Waals surface area contributed by atoms with Gasteiger partial charge < -0.3 is 15.0 Å². The number of amides is 1. The number of hydrogen-bond donors (Lipinski definition) is 1. The van der Waals surface area contributed by atoms with Crippen LogP contribution in [-0.2, 0) is 24.7 Å². The lowest BCUT2D eigenvalue weighted by Crippen LogP contribution is -2.13. The molecule has 0 radical (unpaired) electrons. The van der Waals surface area contributed by atoms with Crippen LogP contribution in [0, 0.1) is 6.92 Å². The predicted octanol–water partition coefficient (Wildman–Crippen LogP) is 1.88. The summed E-state index contributed by atoms with van der Waals surface area (Å²) in [6.45, 7) is 2.05. The van der Waals surface area contributed by atoms with E-state index in [1.165, 1.54) is 17.3 Å². The molecule has 0 aliphatic carbocycles. The van der Waals surface area contributed by atoms with Crippen LogP contribution in [0.25, 0.3) is 0 Å². The lowest BCUT2D eigenvalue weighted by Gasteiger charge is -2.07. The smallest absolute Gasteiger partial charge is 0.227 e. The highest BCUT2D eigenvalue weighted by atomic mass is 32.2. The first-order valence-corrected chi connectivity index (χ1v) is 8.42. The van der Waals surface area contributed by atoms with Crippen molar-refractivity contribution in [3.05, 3.63) is 35.2 Å². The normalized spacial score (nSPS) is 10.7. The van der Waals surface area contributed by atoms with Crippen molar-refractivity contribution in [1.82, 2.24) is 14.8 Å². The van der Waals surface area contributed by atoms with Crippen molar-refractivity contribution in [2.24, 2.45) is 12.8 Å². The number of primary amides is 1. The molecule has 2 N–H and O–H groups in total. The van der Waals surface area contributed by atoms with Gasteiger partial charge in [-0.3, -0.25) is 4.79 Å². The van der Waals surface area contributed by atoms with Crippen LogP contribution in [0.4, 0.5) is 0 Å². The molecular formula is C16H22N4O2S. The SMILES string of the molecule is COc1ccc(CCCc2nnc(SCC(N)=O)n2C)cc1C. The fourth-order valence-corrected chi connectivity index (χ4v) is 3.04. The second-order valence-electron chi connectivity index (χ2n) is 5.37. The van der Waals surface area contributed by atoms with Gasteiger partial charge in [0.15, 0.2) is 5.16 Å². The Balaban J connectivity index is 1.89. The second-order valence-corrected chi connectivity index (χ2v) is 6.31. The minimum Gasteiger partial charge on any atom is -0.496 e. The van der Waals surface area contributed by atoms with Crippen molar-refractivity contribution in [3.63, 3.8) is 0 Å². The monoisotopic (exact) mass is 334 g/mol. The maximum absolute atomic E-state index is 10.8. The number of thioether (sulfide) groups is 1. The lowest BCUT2D eigenvalue weighted by molar-refractivity contribution is -0.115. The zero-order chi connectivity index (χ0) is 16.8. The Hall–Kier alpha value is -2.02. The van der Waals surface area contributed by atoms with Crippen LogP contribution in [-0.4, -0.2) is 33.5 Å². The number of rotatable bonds is 8. The number of methoxy groups -OCH3 is 1. The number of ether oxygens (including phenoxy) is 1. The highest BCUT2D eigenvalue weighted by Gasteiger charge is 2.10. The first-order chi connectivity index (χ1) is 11.0. The third-order valence-electron chi connectivity index (χ3n) is 3.59. The first kappa shape index (κ1) is 17.3. The third kappa shape index (κ3) is 4.72. The number of nitrogens with two attached hydrogens (primary N) is 1. The molecular weight excluding hydrogens is 312 g/mol. The minimum absolute atomic E-state index is 0.219. The minimum atomic E-state index is -0.352. The van der Waals surface area contributed by atoms with E-state index in [0.29, 0.717) is 0 Å². The molecule has 2 aromatic rings. The summed E-state index contributed by atoms with van der Waals surface area (Å²) in [5, 5.41) is 9.01. The molecule has 6 nitrogen and oxygen atoms in total. The number of aromatic nitrogens is 3. The summed E-state index contributed by atoms with van der Waals surface area (Å²) in [5.41, 5.74) is 7.58. The van der Waals surface area contributed by atoms with E-state index in [4.69, 9.17) is 10.5 Å². The Morgan fingerprint density at radius 2 is 2.13 bits per heavy atom. The van der Waals surface area contributed by atoms with Crippen LogP contribution in [0.2, 0.25) is 0 Å². The van der Waals surface area contributed by atoms with Gasteiger partial charge >= 0.3 is 0 Å². The number of carbonyl (C=O) groups excluding carboxylic acids is 1. The molecule has 1 aromatic carbocycles. The summed E-state index contributed by atoms with van der Waals surface area (Å²) >= 11 is 1.31. The maximum atomic E-state index is 10.8. The summed E-state index contributed by atoms with van der Waals surface area (Å²) in [6.07, 6.45) is 2.80. The van der Waals surface area contributed by atoms with Gasteiger partial charge in [0.05, 0.1) is 12.9 Å². The van der Waals surface area contributed by atoms with Gasteiger partial charge in [0.2, 0.25) is 5.91 Å². The molecule has 0 aliphatic heterocycles. The summed E-state index contributed by atoms with van der Waals surface area (Å²) in [7, 11) is 3.60. The van der Waals surface area contributed by atoms with Crippen LogP contribution >= 0.6 is 11.8 Å². The van der Waals surface area contributed by atoms with E-state index in [9.17, 15) is 4.79 Å². The molecule has 1 aromatic heterocycles. The zero-order valence-corrected chi connectivity index (χ0v) is 14.5. The third-order valence-corrected chi connectivity index (χ3v) is 4.64. The molecule has 124 valence electrons. The molecule has 0 bridgehead atoms. The Labute approximate surface area is 140 Å². The van der Waals surface area contributed by atoms with Crippen LogP contribution < -0.4 is 10.5 Å². The van der Waals surface area contributed by atoms with Crippen LogP contribution in [0.5, 0.6) is 5.75 Å². The average Bonchev–Trinajstić information content (AvgIpc) is 2.86. The molecule has 0 fully saturated rings. The summed E-state index contributed by atoms with van der Waals surface area (Å²) in [5.74, 6) is 1.70. The van der Waals surface area contributed by atoms with Crippen LogP contribution in [0.3, 0.4) is 0 Å². The topological polar surface area (TPSA) is 83.0 Å². The Morgan fingerprint density at radius 3 is 2.78 bits per heavy atom. The quantitative estimate of drug-likeness (QED) is 0.745. The molecule has 0 atom stereocenters. The average molecular weight is 334 g/mol. The van der Waals surface area contributed by atoms with Gasteiger partial charge in [-0.15, -0.1) is 10.2 Å². The fraction of sp³-hybridized carbons (Fsp3) is 0.438. The number of carbonyl (C=O) groups is 1. The molecule has 0 aliphatic rings. The van der Waals surface area contributed by atoms with E-state index in [1.54, 1.807) is 7.11 Å². The van der Waals surface area contributed by atoms with E-state index in [-0.39, 0.29) is 11.7 Å². The van der Waals surface area contributed by atoms with Crippen molar-refractivity contribution in [3.8, 4) is 5.75 Å². The Bertz CT molecular complexity index is 685. The summed E-state index contributed by atoms with van der Waals surface area (Å²) < 4.78 is 7.20. The standard InChI is InChI=1S/C16H22N4O2S/c1-11-9-12(7-8-13(11)22-3)5-4-6-15-18-19-16(20(15)2)23-10-14(17)21/h7-9H,4-6,10H2,1-3H3,(H2,17,21). The molecule has 0 unspecified atom stereocenters. The van der Waals surface area contributed by atoms with Crippen molar-refractivity contribution < 1.29 is 9.53 Å². The molecule has 0 saturated heterocycles. The Morgan fingerprint density at radius 1 is 1.35 bits per heavy atom. The van der Waals surface area contributed by atoms with Gasteiger partial charge in [0.1, 0.15) is 11.6 Å². The van der Waals surface area contributed by atoms with Gasteiger partial charge in [-0.2, -0.15) is 0 Å². The van der Waals surface area contributed by atoms with E-state index < -0.39 is 0 Å². The van der Waals surface area contributed by atoms with Crippen molar-refractivity contribution in [2.75, 3.05) is 12.9 Å². The highest BCUT2D eigenvalue weighted by molar-refractivity contribution is 7.99. The molecule has 1 heterocycles. The molecule has 0 saturated carbocycles. The molecule has 0 spiro atoms. The Kier molecular flexibility index (Phi) is 6.04. The van der Waals surface area contributed by atoms with Gasteiger partial charge in [-0.1, -0.05) is 23.9 Å². The fourth-order valence-electron chi connectivity index (χ4n) is 2.37. The van der Waals surface area contributed by atoms with E-state index in [1.807, 2.05) is 24.6 Å². The highest BCUT2D eigenvalue weighted by Crippen LogP contribution is 2.20. The van der Waals surface area contributed by atoms with Gasteiger partial charge in [0, 0.05) is 13.5 Å². The van der Waals surface area contributed by atoms with Crippen LogP contribution in [0.1, 0.15) is 23.4 Å². The largest absolute Gasteiger partial charge is 0.496 e. The summed E-state index contributed by atoms with van der Waals surface area (Å²) in [4.78, 5) is 10.8. The van der Waals surface area contributed by atoms with Crippen molar-refractivity contribution in [2.45, 2.75) is 31.3 Å².